The molecular weight excluding hydrogens is 266 g/mol. The number of hydrogen-bond donors (Lipinski definition) is 1. The molecule has 4 nitrogen and oxygen atoms in total. The molecule has 0 aliphatic carbocycles. The van der Waals surface area contributed by atoms with Crippen molar-refractivity contribution in [2.24, 2.45) is 5.73 Å². The Morgan fingerprint density at radius 3 is 2.33 bits per heavy atom. The number of ether oxygens (including phenoxy) is 3. The minimum absolute atomic E-state index is 0.426. The van der Waals surface area contributed by atoms with Gasteiger partial charge >= 0.3 is 0 Å². The molecule has 112 valence electrons. The van der Waals surface area contributed by atoms with Crippen LogP contribution in [0.2, 0.25) is 0 Å². The normalized spacial score (nSPS) is 10.2. The van der Waals surface area contributed by atoms with Gasteiger partial charge in [0.15, 0.2) is 11.5 Å². The molecule has 0 fully saturated rings. The lowest BCUT2D eigenvalue weighted by atomic mass is 10.1. The molecule has 21 heavy (non-hydrogen) atoms. The van der Waals surface area contributed by atoms with E-state index >= 15 is 0 Å². The van der Waals surface area contributed by atoms with Crippen LogP contribution in [0.4, 0.5) is 0 Å². The molecule has 0 bridgehead atoms. The lowest BCUT2D eigenvalue weighted by Gasteiger charge is -2.14. The zero-order chi connectivity index (χ0) is 15.1. The Bertz CT molecular complexity index is 544. The fraction of sp³-hybridized carbons (Fsp3) is 0.294. The van der Waals surface area contributed by atoms with Crippen LogP contribution in [0.1, 0.15) is 11.1 Å². The van der Waals surface area contributed by atoms with Gasteiger partial charge in [-0.1, -0.05) is 24.3 Å². The van der Waals surface area contributed by atoms with Crippen molar-refractivity contribution in [3.63, 3.8) is 0 Å². The summed E-state index contributed by atoms with van der Waals surface area (Å²) in [5, 5.41) is 0. The fourth-order valence-electron chi connectivity index (χ4n) is 2.11. The molecule has 2 aromatic carbocycles. The maximum Gasteiger partial charge on any atom is 0.165 e. The lowest BCUT2D eigenvalue weighted by molar-refractivity contribution is 0.294. The van der Waals surface area contributed by atoms with Crippen LogP contribution in [0.5, 0.6) is 17.2 Å². The minimum Gasteiger partial charge on any atom is -0.497 e. The number of hydrogen-bond acceptors (Lipinski definition) is 4. The first-order valence-corrected chi connectivity index (χ1v) is 6.90. The van der Waals surface area contributed by atoms with Crippen molar-refractivity contribution in [2.45, 2.75) is 13.0 Å². The van der Waals surface area contributed by atoms with Crippen LogP contribution < -0.4 is 19.9 Å². The summed E-state index contributed by atoms with van der Waals surface area (Å²) >= 11 is 0. The van der Waals surface area contributed by atoms with Crippen molar-refractivity contribution in [3.05, 3.63) is 53.6 Å². The average Bonchev–Trinajstić information content (AvgIpc) is 2.55. The standard InChI is InChI=1S/C17H21NO3/c1-19-15-8-6-13(7-9-15)10-11-21-17-14(12-18)4-3-5-16(17)20-2/h3-9H,10-12,18H2,1-2H3. The van der Waals surface area contributed by atoms with Crippen LogP contribution in [-0.4, -0.2) is 20.8 Å². The molecule has 0 spiro atoms. The predicted octanol–water partition coefficient (Wildman–Crippen LogP) is 2.78. The van der Waals surface area contributed by atoms with E-state index in [-0.39, 0.29) is 0 Å². The van der Waals surface area contributed by atoms with Crippen molar-refractivity contribution in [2.75, 3.05) is 20.8 Å². The molecule has 0 atom stereocenters. The van der Waals surface area contributed by atoms with E-state index in [9.17, 15) is 0 Å². The molecule has 0 radical (unpaired) electrons. The number of nitrogens with two attached hydrogens (primary N) is 1. The van der Waals surface area contributed by atoms with Gasteiger partial charge in [-0.25, -0.2) is 0 Å². The molecular formula is C17H21NO3. The SMILES string of the molecule is COc1ccc(CCOc2c(CN)cccc2OC)cc1. The first-order chi connectivity index (χ1) is 10.3. The Morgan fingerprint density at radius 2 is 1.71 bits per heavy atom. The van der Waals surface area contributed by atoms with E-state index in [4.69, 9.17) is 19.9 Å². The highest BCUT2D eigenvalue weighted by Gasteiger charge is 2.09. The number of rotatable bonds is 7. The molecule has 4 heteroatoms. The number of methoxy groups -OCH3 is 2. The molecule has 0 aliphatic heterocycles. The Kier molecular flexibility index (Phi) is 5.46. The zero-order valence-corrected chi connectivity index (χ0v) is 12.5. The van der Waals surface area contributed by atoms with Crippen LogP contribution >= 0.6 is 0 Å². The third-order valence-electron chi connectivity index (χ3n) is 3.30. The van der Waals surface area contributed by atoms with Crippen molar-refractivity contribution in [1.82, 2.24) is 0 Å². The predicted molar refractivity (Wildman–Crippen MR) is 83.1 cm³/mol. The Labute approximate surface area is 125 Å². The smallest absolute Gasteiger partial charge is 0.165 e. The fourth-order valence-corrected chi connectivity index (χ4v) is 2.11. The van der Waals surface area contributed by atoms with Crippen LogP contribution in [0, 0.1) is 0 Å². The van der Waals surface area contributed by atoms with Gasteiger partial charge < -0.3 is 19.9 Å². The summed E-state index contributed by atoms with van der Waals surface area (Å²) in [4.78, 5) is 0. The molecule has 0 unspecified atom stereocenters. The van der Waals surface area contributed by atoms with E-state index < -0.39 is 0 Å². The van der Waals surface area contributed by atoms with Crippen LogP contribution in [0.15, 0.2) is 42.5 Å². The van der Waals surface area contributed by atoms with E-state index in [1.54, 1.807) is 14.2 Å². The van der Waals surface area contributed by atoms with E-state index in [2.05, 4.69) is 0 Å². The Balaban J connectivity index is 1.99. The highest BCUT2D eigenvalue weighted by molar-refractivity contribution is 5.46. The van der Waals surface area contributed by atoms with Gasteiger partial charge in [0.1, 0.15) is 5.75 Å². The maximum absolute atomic E-state index is 5.87. The first kappa shape index (κ1) is 15.2. The molecule has 0 aliphatic rings. The molecule has 2 aromatic rings. The summed E-state index contributed by atoms with van der Waals surface area (Å²) in [5.41, 5.74) is 7.88. The van der Waals surface area contributed by atoms with Gasteiger partial charge in [0, 0.05) is 18.5 Å². The quantitative estimate of drug-likeness (QED) is 0.851. The van der Waals surface area contributed by atoms with Gasteiger partial charge in [-0.3, -0.25) is 0 Å². The van der Waals surface area contributed by atoms with E-state index in [0.29, 0.717) is 18.9 Å². The van der Waals surface area contributed by atoms with Gasteiger partial charge in [-0.15, -0.1) is 0 Å². The Morgan fingerprint density at radius 1 is 0.952 bits per heavy atom. The molecule has 0 saturated carbocycles. The van der Waals surface area contributed by atoms with E-state index in [0.717, 1.165) is 23.5 Å². The molecule has 0 amide bonds. The van der Waals surface area contributed by atoms with Crippen LogP contribution in [-0.2, 0) is 13.0 Å². The third-order valence-corrected chi connectivity index (χ3v) is 3.30. The molecule has 2 rings (SSSR count). The third kappa shape index (κ3) is 3.89. The average molecular weight is 287 g/mol. The first-order valence-electron chi connectivity index (χ1n) is 6.90. The number of para-hydroxylation sites is 1. The second-order valence-electron chi connectivity index (χ2n) is 4.60. The molecule has 0 heterocycles. The van der Waals surface area contributed by atoms with E-state index in [1.807, 2.05) is 42.5 Å². The summed E-state index contributed by atoms with van der Waals surface area (Å²) in [6.07, 6.45) is 0.812. The highest BCUT2D eigenvalue weighted by Crippen LogP contribution is 2.30. The summed E-state index contributed by atoms with van der Waals surface area (Å²) < 4.78 is 16.3. The zero-order valence-electron chi connectivity index (χ0n) is 12.5. The second kappa shape index (κ2) is 7.55. The largest absolute Gasteiger partial charge is 0.497 e. The highest BCUT2D eigenvalue weighted by atomic mass is 16.5. The topological polar surface area (TPSA) is 53.7 Å². The minimum atomic E-state index is 0.426. The number of benzene rings is 2. The Hall–Kier alpha value is -2.20. The molecule has 0 saturated heterocycles. The monoisotopic (exact) mass is 287 g/mol. The lowest BCUT2D eigenvalue weighted by Crippen LogP contribution is -2.07. The van der Waals surface area contributed by atoms with Crippen molar-refractivity contribution in [3.8, 4) is 17.2 Å². The summed E-state index contributed by atoms with van der Waals surface area (Å²) in [6.45, 7) is 0.995. The van der Waals surface area contributed by atoms with Gasteiger partial charge in [0.25, 0.3) is 0 Å². The van der Waals surface area contributed by atoms with Crippen molar-refractivity contribution < 1.29 is 14.2 Å². The maximum atomic E-state index is 5.87. The second-order valence-corrected chi connectivity index (χ2v) is 4.60. The van der Waals surface area contributed by atoms with Crippen molar-refractivity contribution in [1.29, 1.82) is 0 Å². The van der Waals surface area contributed by atoms with Gasteiger partial charge in [-0.05, 0) is 23.8 Å². The van der Waals surface area contributed by atoms with Crippen molar-refractivity contribution >= 4 is 0 Å². The molecule has 2 N–H and O–H groups in total. The molecule has 0 aromatic heterocycles. The van der Waals surface area contributed by atoms with E-state index in [1.165, 1.54) is 5.56 Å². The summed E-state index contributed by atoms with van der Waals surface area (Å²) in [7, 11) is 3.29. The summed E-state index contributed by atoms with van der Waals surface area (Å²) in [6, 6.07) is 13.7. The van der Waals surface area contributed by atoms with Gasteiger partial charge in [0.05, 0.1) is 20.8 Å². The van der Waals surface area contributed by atoms with Gasteiger partial charge in [-0.2, -0.15) is 0 Å². The summed E-state index contributed by atoms with van der Waals surface area (Å²) in [5.74, 6) is 2.30. The van der Waals surface area contributed by atoms with Crippen LogP contribution in [0.25, 0.3) is 0 Å². The van der Waals surface area contributed by atoms with Crippen LogP contribution in [0.3, 0.4) is 0 Å². The van der Waals surface area contributed by atoms with Gasteiger partial charge in [0.2, 0.25) is 0 Å².